The summed E-state index contributed by atoms with van der Waals surface area (Å²) in [4.78, 5) is 5.66. The van der Waals surface area contributed by atoms with Crippen molar-refractivity contribution >= 4 is 34.5 Å². The Balaban J connectivity index is 1.97. The average Bonchev–Trinajstić information content (AvgIpc) is 2.96. The van der Waals surface area contributed by atoms with E-state index >= 15 is 0 Å². The number of thiazole rings is 1. The predicted molar refractivity (Wildman–Crippen MR) is 89.3 cm³/mol. The van der Waals surface area contributed by atoms with Gasteiger partial charge >= 0.3 is 0 Å². The van der Waals surface area contributed by atoms with Gasteiger partial charge in [-0.25, -0.2) is 4.98 Å². The van der Waals surface area contributed by atoms with Crippen molar-refractivity contribution in [1.29, 1.82) is 0 Å². The van der Waals surface area contributed by atoms with Crippen LogP contribution in [0.1, 0.15) is 41.4 Å². The lowest BCUT2D eigenvalue weighted by Gasteiger charge is -2.17. The third-order valence-electron chi connectivity index (χ3n) is 3.22. The number of hydrogen-bond acceptors (Lipinski definition) is 4. The molecule has 114 valence electrons. The quantitative estimate of drug-likeness (QED) is 0.816. The van der Waals surface area contributed by atoms with E-state index in [-0.39, 0.29) is 6.04 Å². The minimum Gasteiger partial charge on any atom is -0.387 e. The molecule has 0 aliphatic heterocycles. The van der Waals surface area contributed by atoms with Gasteiger partial charge in [-0.1, -0.05) is 30.1 Å². The molecule has 2 rings (SSSR count). The maximum Gasteiger partial charge on any atom is 0.109 e. The van der Waals surface area contributed by atoms with E-state index in [1.54, 1.807) is 29.5 Å². The highest BCUT2D eigenvalue weighted by molar-refractivity contribution is 7.11. The van der Waals surface area contributed by atoms with Gasteiger partial charge in [0.25, 0.3) is 0 Å². The smallest absolute Gasteiger partial charge is 0.109 e. The largest absolute Gasteiger partial charge is 0.387 e. The van der Waals surface area contributed by atoms with Gasteiger partial charge < -0.3 is 10.4 Å². The van der Waals surface area contributed by atoms with Gasteiger partial charge in [-0.2, -0.15) is 0 Å². The van der Waals surface area contributed by atoms with Crippen LogP contribution >= 0.6 is 34.5 Å². The van der Waals surface area contributed by atoms with Crippen LogP contribution in [-0.4, -0.2) is 16.6 Å². The molecule has 6 heteroatoms. The Bertz CT molecular complexity index is 603. The maximum absolute atomic E-state index is 10.3. The summed E-state index contributed by atoms with van der Waals surface area (Å²) in [5.41, 5.74) is 0.636. The lowest BCUT2D eigenvalue weighted by atomic mass is 10.1. The predicted octanol–water partition coefficient (Wildman–Crippen LogP) is 4.40. The molecule has 3 nitrogen and oxygen atoms in total. The molecular formula is C15H18Cl2N2OS. The maximum atomic E-state index is 10.3. The molecule has 1 aromatic heterocycles. The van der Waals surface area contributed by atoms with Crippen LogP contribution in [0.3, 0.4) is 0 Å². The number of aliphatic hydroxyl groups is 1. The summed E-state index contributed by atoms with van der Waals surface area (Å²) in [6.07, 6.45) is 2.19. The number of rotatable bonds is 6. The number of hydrogen-bond donors (Lipinski definition) is 2. The number of nitrogens with zero attached hydrogens (tertiary/aromatic N) is 1. The highest BCUT2D eigenvalue weighted by Gasteiger charge is 2.15. The molecule has 2 atom stereocenters. The Hall–Kier alpha value is -0.650. The summed E-state index contributed by atoms with van der Waals surface area (Å²) in [6, 6.07) is 5.18. The SMILES string of the molecule is CCc1cnc(C(C)NCC(O)c2cc(Cl)ccc2Cl)s1. The molecule has 2 unspecified atom stereocenters. The Morgan fingerprint density at radius 3 is 2.81 bits per heavy atom. The summed E-state index contributed by atoms with van der Waals surface area (Å²) >= 11 is 13.7. The first kappa shape index (κ1) is 16.7. The molecule has 0 bridgehead atoms. The molecule has 0 saturated carbocycles. The van der Waals surface area contributed by atoms with Crippen LogP contribution in [0.4, 0.5) is 0 Å². The van der Waals surface area contributed by atoms with E-state index in [1.165, 1.54) is 4.88 Å². The highest BCUT2D eigenvalue weighted by Crippen LogP contribution is 2.27. The molecule has 2 N–H and O–H groups in total. The Morgan fingerprint density at radius 2 is 2.14 bits per heavy atom. The Morgan fingerprint density at radius 1 is 1.38 bits per heavy atom. The van der Waals surface area contributed by atoms with Crippen molar-refractivity contribution in [3.63, 3.8) is 0 Å². The average molecular weight is 345 g/mol. The second-order valence-electron chi connectivity index (χ2n) is 4.83. The zero-order chi connectivity index (χ0) is 15.4. The number of halogens is 2. The van der Waals surface area contributed by atoms with E-state index in [4.69, 9.17) is 23.2 Å². The number of aryl methyl sites for hydroxylation is 1. The van der Waals surface area contributed by atoms with Crippen molar-refractivity contribution in [1.82, 2.24) is 10.3 Å². The highest BCUT2D eigenvalue weighted by atomic mass is 35.5. The molecule has 0 aliphatic carbocycles. The number of nitrogens with one attached hydrogen (secondary N) is 1. The molecule has 0 fully saturated rings. The molecule has 0 radical (unpaired) electrons. The van der Waals surface area contributed by atoms with Gasteiger partial charge in [0.15, 0.2) is 0 Å². The molecule has 0 amide bonds. The van der Waals surface area contributed by atoms with Gasteiger partial charge in [0.2, 0.25) is 0 Å². The van der Waals surface area contributed by atoms with E-state index in [1.807, 2.05) is 13.1 Å². The van der Waals surface area contributed by atoms with E-state index in [0.29, 0.717) is 22.2 Å². The van der Waals surface area contributed by atoms with Gasteiger partial charge in [-0.15, -0.1) is 11.3 Å². The fourth-order valence-electron chi connectivity index (χ4n) is 1.94. The second kappa shape index (κ2) is 7.56. The van der Waals surface area contributed by atoms with Crippen molar-refractivity contribution in [2.75, 3.05) is 6.54 Å². The number of aromatic nitrogens is 1. The van der Waals surface area contributed by atoms with Gasteiger partial charge in [0, 0.05) is 33.2 Å². The summed E-state index contributed by atoms with van der Waals surface area (Å²) in [6.45, 7) is 4.53. The summed E-state index contributed by atoms with van der Waals surface area (Å²) in [7, 11) is 0. The summed E-state index contributed by atoms with van der Waals surface area (Å²) in [5.74, 6) is 0. The Labute approximate surface area is 138 Å². The minimum absolute atomic E-state index is 0.0860. The topological polar surface area (TPSA) is 45.2 Å². The van der Waals surface area contributed by atoms with Crippen LogP contribution in [0, 0.1) is 0 Å². The van der Waals surface area contributed by atoms with Crippen LogP contribution in [0.25, 0.3) is 0 Å². The first-order valence-electron chi connectivity index (χ1n) is 6.82. The van der Waals surface area contributed by atoms with Crippen molar-refractivity contribution < 1.29 is 5.11 Å². The monoisotopic (exact) mass is 344 g/mol. The molecule has 1 aromatic carbocycles. The van der Waals surface area contributed by atoms with Crippen LogP contribution in [-0.2, 0) is 6.42 Å². The molecule has 21 heavy (non-hydrogen) atoms. The van der Waals surface area contributed by atoms with E-state index in [2.05, 4.69) is 17.2 Å². The second-order valence-corrected chi connectivity index (χ2v) is 6.82. The van der Waals surface area contributed by atoms with Gasteiger partial charge in [-0.05, 0) is 31.5 Å². The van der Waals surface area contributed by atoms with Crippen LogP contribution in [0.5, 0.6) is 0 Å². The van der Waals surface area contributed by atoms with Gasteiger partial charge in [0.1, 0.15) is 5.01 Å². The number of benzene rings is 1. The standard InChI is InChI=1S/C15H18Cl2N2OS/c1-3-11-7-19-15(21-11)9(2)18-8-14(20)12-6-10(16)4-5-13(12)17/h4-7,9,14,18,20H,3,8H2,1-2H3. The summed E-state index contributed by atoms with van der Waals surface area (Å²) in [5, 5.41) is 15.6. The van der Waals surface area contributed by atoms with Crippen LogP contribution in [0.2, 0.25) is 10.0 Å². The minimum atomic E-state index is -0.704. The molecule has 0 aliphatic rings. The van der Waals surface area contributed by atoms with Gasteiger partial charge in [-0.3, -0.25) is 0 Å². The molecule has 0 spiro atoms. The van der Waals surface area contributed by atoms with E-state index in [9.17, 15) is 5.11 Å². The summed E-state index contributed by atoms with van der Waals surface area (Å²) < 4.78 is 0. The first-order chi connectivity index (χ1) is 10.0. The third-order valence-corrected chi connectivity index (χ3v) is 5.13. The van der Waals surface area contributed by atoms with Crippen LogP contribution < -0.4 is 5.32 Å². The van der Waals surface area contributed by atoms with Crippen molar-refractivity contribution in [2.24, 2.45) is 0 Å². The third kappa shape index (κ3) is 4.41. The Kier molecular flexibility index (Phi) is 6.02. The fraction of sp³-hybridized carbons (Fsp3) is 0.400. The fourth-order valence-corrected chi connectivity index (χ4v) is 3.25. The lowest BCUT2D eigenvalue weighted by Crippen LogP contribution is -2.24. The van der Waals surface area contributed by atoms with Crippen molar-refractivity contribution in [3.8, 4) is 0 Å². The zero-order valence-electron chi connectivity index (χ0n) is 11.9. The van der Waals surface area contributed by atoms with E-state index < -0.39 is 6.10 Å². The van der Waals surface area contributed by atoms with E-state index in [0.717, 1.165) is 11.4 Å². The van der Waals surface area contributed by atoms with Gasteiger partial charge in [0.05, 0.1) is 12.1 Å². The van der Waals surface area contributed by atoms with Crippen LogP contribution in [0.15, 0.2) is 24.4 Å². The van der Waals surface area contributed by atoms with Crippen molar-refractivity contribution in [3.05, 3.63) is 49.9 Å². The number of aliphatic hydroxyl groups excluding tert-OH is 1. The molecular weight excluding hydrogens is 327 g/mol. The molecule has 1 heterocycles. The zero-order valence-corrected chi connectivity index (χ0v) is 14.3. The first-order valence-corrected chi connectivity index (χ1v) is 8.39. The molecule has 0 saturated heterocycles. The lowest BCUT2D eigenvalue weighted by molar-refractivity contribution is 0.171. The molecule has 2 aromatic rings. The van der Waals surface area contributed by atoms with Crippen molar-refractivity contribution in [2.45, 2.75) is 32.4 Å². The normalized spacial score (nSPS) is 14.1.